The molecule has 0 radical (unpaired) electrons. The summed E-state index contributed by atoms with van der Waals surface area (Å²) in [5.74, 6) is 0.105. The van der Waals surface area contributed by atoms with E-state index in [0.29, 0.717) is 0 Å². The lowest BCUT2D eigenvalue weighted by Crippen LogP contribution is -2.15. The summed E-state index contributed by atoms with van der Waals surface area (Å²) in [4.78, 5) is 12.6. The number of carbonyl (C=O) groups is 1. The number of hydrogen-bond acceptors (Lipinski definition) is 1. The van der Waals surface area contributed by atoms with Crippen LogP contribution in [0.3, 0.4) is 0 Å². The minimum absolute atomic E-state index is 0.105. The van der Waals surface area contributed by atoms with Gasteiger partial charge in [0.1, 0.15) is 0 Å². The number of aryl methyl sites for hydroxylation is 2. The highest BCUT2D eigenvalue weighted by atomic mass is 16.1. The van der Waals surface area contributed by atoms with Crippen LogP contribution in [0.4, 0.5) is 0 Å². The van der Waals surface area contributed by atoms with Gasteiger partial charge in [-0.1, -0.05) is 68.8 Å². The van der Waals surface area contributed by atoms with E-state index in [1.165, 1.54) is 11.1 Å². The topological polar surface area (TPSA) is 17.1 Å². The molecule has 0 N–H and O–H groups in total. The zero-order valence-electron chi connectivity index (χ0n) is 13.7. The maximum Gasteiger partial charge on any atom is 0.193 e. The van der Waals surface area contributed by atoms with E-state index in [9.17, 15) is 4.79 Å². The van der Waals surface area contributed by atoms with E-state index < -0.39 is 0 Å². The van der Waals surface area contributed by atoms with Gasteiger partial charge < -0.3 is 0 Å². The van der Waals surface area contributed by atoms with Gasteiger partial charge in [-0.3, -0.25) is 4.79 Å². The molecule has 1 nitrogen and oxygen atoms in total. The predicted octanol–water partition coefficient (Wildman–Crippen LogP) is 5.22. The van der Waals surface area contributed by atoms with Gasteiger partial charge in [0.05, 0.1) is 0 Å². The van der Waals surface area contributed by atoms with Crippen molar-refractivity contribution in [2.75, 3.05) is 0 Å². The average Bonchev–Trinajstić information content (AvgIpc) is 2.47. The van der Waals surface area contributed by atoms with Gasteiger partial charge >= 0.3 is 0 Å². The third kappa shape index (κ3) is 3.24. The molecule has 1 heteroatoms. The van der Waals surface area contributed by atoms with Crippen LogP contribution in [0.1, 0.15) is 59.8 Å². The van der Waals surface area contributed by atoms with Crippen LogP contribution >= 0.6 is 0 Å². The molecule has 2 aromatic rings. The molecule has 0 aliphatic carbocycles. The lowest BCUT2D eigenvalue weighted by atomic mass is 9.82. The molecule has 0 saturated heterocycles. The first-order valence-electron chi connectivity index (χ1n) is 7.57. The molecule has 0 aliphatic heterocycles. The number of hydrogen-bond donors (Lipinski definition) is 0. The number of rotatable bonds is 4. The van der Waals surface area contributed by atoms with Crippen molar-refractivity contribution in [2.24, 2.45) is 0 Å². The maximum atomic E-state index is 12.6. The van der Waals surface area contributed by atoms with Crippen LogP contribution in [0.15, 0.2) is 42.5 Å². The summed E-state index contributed by atoms with van der Waals surface area (Å²) >= 11 is 0. The van der Waals surface area contributed by atoms with E-state index in [1.807, 2.05) is 38.1 Å². The first-order valence-corrected chi connectivity index (χ1v) is 7.57. The quantitative estimate of drug-likeness (QED) is 0.701. The highest BCUT2D eigenvalue weighted by Gasteiger charge is 2.18. The zero-order chi connectivity index (χ0) is 15.6. The van der Waals surface area contributed by atoms with Gasteiger partial charge in [-0.05, 0) is 36.8 Å². The first-order chi connectivity index (χ1) is 9.85. The van der Waals surface area contributed by atoms with Crippen LogP contribution in [0.25, 0.3) is 0 Å². The largest absolute Gasteiger partial charge is 0.289 e. The average molecular weight is 280 g/mol. The first kappa shape index (κ1) is 15.5. The number of ketones is 1. The molecule has 0 atom stereocenters. The summed E-state index contributed by atoms with van der Waals surface area (Å²) in [6.45, 7) is 10.7. The van der Waals surface area contributed by atoms with Gasteiger partial charge in [0.15, 0.2) is 5.78 Å². The highest BCUT2D eigenvalue weighted by Crippen LogP contribution is 2.27. The third-order valence-corrected chi connectivity index (χ3v) is 4.44. The lowest BCUT2D eigenvalue weighted by Gasteiger charge is -2.23. The molecule has 2 rings (SSSR count). The molecule has 2 aromatic carbocycles. The molecule has 0 aromatic heterocycles. The Labute approximate surface area is 128 Å². The highest BCUT2D eigenvalue weighted by molar-refractivity contribution is 6.09. The number of carbonyl (C=O) groups excluding carboxylic acids is 1. The van der Waals surface area contributed by atoms with Crippen LogP contribution in [0.2, 0.25) is 0 Å². The van der Waals surface area contributed by atoms with Crippen molar-refractivity contribution in [2.45, 2.75) is 46.5 Å². The van der Waals surface area contributed by atoms with Gasteiger partial charge in [0, 0.05) is 11.1 Å². The van der Waals surface area contributed by atoms with E-state index in [-0.39, 0.29) is 11.2 Å². The van der Waals surface area contributed by atoms with Gasteiger partial charge in [0.25, 0.3) is 0 Å². The molecule has 0 amide bonds. The minimum atomic E-state index is 0.105. The Bertz CT molecular complexity index is 648. The molecular formula is C20H24O. The van der Waals surface area contributed by atoms with Crippen LogP contribution in [-0.2, 0) is 5.41 Å². The number of benzene rings is 2. The molecule has 21 heavy (non-hydrogen) atoms. The molecule has 0 saturated carbocycles. The van der Waals surface area contributed by atoms with Crippen LogP contribution in [0.5, 0.6) is 0 Å². The van der Waals surface area contributed by atoms with E-state index in [1.54, 1.807) is 0 Å². The summed E-state index contributed by atoms with van der Waals surface area (Å²) in [6.07, 6.45) is 1.08. The van der Waals surface area contributed by atoms with E-state index in [0.717, 1.165) is 23.1 Å². The normalized spacial score (nSPS) is 11.5. The van der Waals surface area contributed by atoms with Gasteiger partial charge in [-0.25, -0.2) is 0 Å². The Morgan fingerprint density at radius 3 is 2.14 bits per heavy atom. The van der Waals surface area contributed by atoms with Crippen LogP contribution in [-0.4, -0.2) is 5.78 Å². The summed E-state index contributed by atoms with van der Waals surface area (Å²) < 4.78 is 0. The van der Waals surface area contributed by atoms with Crippen molar-refractivity contribution < 1.29 is 4.79 Å². The minimum Gasteiger partial charge on any atom is -0.289 e. The Balaban J connectivity index is 2.32. The summed E-state index contributed by atoms with van der Waals surface area (Å²) in [6, 6.07) is 14.1. The Morgan fingerprint density at radius 1 is 1.00 bits per heavy atom. The smallest absolute Gasteiger partial charge is 0.193 e. The second-order valence-corrected chi connectivity index (χ2v) is 6.46. The van der Waals surface area contributed by atoms with Gasteiger partial charge in [-0.15, -0.1) is 0 Å². The van der Waals surface area contributed by atoms with Crippen molar-refractivity contribution in [3.8, 4) is 0 Å². The third-order valence-electron chi connectivity index (χ3n) is 4.44. The monoisotopic (exact) mass is 280 g/mol. The molecule has 0 fully saturated rings. The van der Waals surface area contributed by atoms with Gasteiger partial charge in [0.2, 0.25) is 0 Å². The zero-order valence-corrected chi connectivity index (χ0v) is 13.7. The van der Waals surface area contributed by atoms with Crippen LogP contribution in [0, 0.1) is 13.8 Å². The Morgan fingerprint density at radius 2 is 1.62 bits per heavy atom. The summed E-state index contributed by atoms with van der Waals surface area (Å²) in [5.41, 5.74) is 5.21. The molecule has 0 heterocycles. The van der Waals surface area contributed by atoms with Gasteiger partial charge in [-0.2, -0.15) is 0 Å². The second-order valence-electron chi connectivity index (χ2n) is 6.46. The fourth-order valence-electron chi connectivity index (χ4n) is 2.50. The predicted molar refractivity (Wildman–Crippen MR) is 89.1 cm³/mol. The summed E-state index contributed by atoms with van der Waals surface area (Å²) in [5, 5.41) is 0. The maximum absolute atomic E-state index is 12.6. The summed E-state index contributed by atoms with van der Waals surface area (Å²) in [7, 11) is 0. The fourth-order valence-corrected chi connectivity index (χ4v) is 2.50. The van der Waals surface area contributed by atoms with Crippen LogP contribution < -0.4 is 0 Å². The van der Waals surface area contributed by atoms with E-state index in [2.05, 4.69) is 39.0 Å². The molecule has 0 bridgehead atoms. The van der Waals surface area contributed by atoms with Crippen molar-refractivity contribution in [1.82, 2.24) is 0 Å². The van der Waals surface area contributed by atoms with E-state index in [4.69, 9.17) is 0 Å². The lowest BCUT2D eigenvalue weighted by molar-refractivity contribution is 0.103. The van der Waals surface area contributed by atoms with E-state index >= 15 is 0 Å². The molecule has 0 spiro atoms. The molecule has 0 unspecified atom stereocenters. The SMILES string of the molecule is CCC(C)(C)c1ccc(C(=O)c2ccc(C)cc2C)cc1. The second kappa shape index (κ2) is 5.85. The fraction of sp³-hybridized carbons (Fsp3) is 0.350. The van der Waals surface area contributed by atoms with Crippen molar-refractivity contribution in [1.29, 1.82) is 0 Å². The molecular weight excluding hydrogens is 256 g/mol. The molecule has 0 aliphatic rings. The van der Waals surface area contributed by atoms with Crippen molar-refractivity contribution >= 4 is 5.78 Å². The Kier molecular flexibility index (Phi) is 4.32. The van der Waals surface area contributed by atoms with Crippen molar-refractivity contribution in [3.63, 3.8) is 0 Å². The van der Waals surface area contributed by atoms with Crippen molar-refractivity contribution in [3.05, 3.63) is 70.3 Å². The molecule has 110 valence electrons. The Hall–Kier alpha value is -1.89. The standard InChI is InChI=1S/C20H24O/c1-6-20(4,5)17-10-8-16(9-11-17)19(21)18-12-7-14(2)13-15(18)3/h7-13H,6H2,1-5H3.